The topological polar surface area (TPSA) is 89.8 Å². The van der Waals surface area contributed by atoms with Crippen LogP contribution in [0.4, 0.5) is 0 Å². The highest BCUT2D eigenvalue weighted by molar-refractivity contribution is 5.87. The molecule has 29 heavy (non-hydrogen) atoms. The van der Waals surface area contributed by atoms with Crippen LogP contribution in [-0.4, -0.2) is 34.4 Å². The molecule has 4 aromatic rings. The number of carbonyl (C=O) groups excluding carboxylic acids is 2. The van der Waals surface area contributed by atoms with Crippen molar-refractivity contribution in [1.29, 1.82) is 0 Å². The zero-order chi connectivity index (χ0) is 20.2. The smallest absolute Gasteiger partial charge is 0.243 e. The number of hydrogen-bond acceptors (Lipinski definition) is 2. The van der Waals surface area contributed by atoms with Crippen LogP contribution in [0.25, 0.3) is 21.8 Å². The number of nitrogens with one attached hydrogen (secondary N) is 4. The Morgan fingerprint density at radius 1 is 0.931 bits per heavy atom. The SMILES string of the molecule is CC(Cc1c[nH]c2ccccc12)NC(=O)[C@H](Cc1c[nH]c2ccccc12)NC=O. The van der Waals surface area contributed by atoms with E-state index < -0.39 is 6.04 Å². The van der Waals surface area contributed by atoms with Gasteiger partial charge in [-0.15, -0.1) is 0 Å². The fraction of sp³-hybridized carbons (Fsp3) is 0.217. The normalized spacial score (nSPS) is 13.3. The largest absolute Gasteiger partial charge is 0.361 e. The molecule has 2 aromatic carbocycles. The lowest BCUT2D eigenvalue weighted by atomic mass is 10.0. The van der Waals surface area contributed by atoms with E-state index in [1.54, 1.807) is 0 Å². The van der Waals surface area contributed by atoms with Gasteiger partial charge in [0.1, 0.15) is 6.04 Å². The first-order valence-corrected chi connectivity index (χ1v) is 9.75. The Hall–Kier alpha value is -3.54. The number of fused-ring (bicyclic) bond motifs is 2. The predicted molar refractivity (Wildman–Crippen MR) is 115 cm³/mol. The number of para-hydroxylation sites is 2. The molecule has 0 saturated carbocycles. The summed E-state index contributed by atoms with van der Waals surface area (Å²) in [7, 11) is 0. The lowest BCUT2D eigenvalue weighted by Gasteiger charge is -2.20. The zero-order valence-electron chi connectivity index (χ0n) is 16.2. The van der Waals surface area contributed by atoms with Gasteiger partial charge in [0, 0.05) is 46.7 Å². The van der Waals surface area contributed by atoms with Crippen LogP contribution in [0.15, 0.2) is 60.9 Å². The second kappa shape index (κ2) is 8.22. The maximum Gasteiger partial charge on any atom is 0.243 e. The summed E-state index contributed by atoms with van der Waals surface area (Å²) < 4.78 is 0. The van der Waals surface area contributed by atoms with Gasteiger partial charge in [0.05, 0.1) is 0 Å². The van der Waals surface area contributed by atoms with Crippen molar-refractivity contribution in [1.82, 2.24) is 20.6 Å². The van der Waals surface area contributed by atoms with Crippen LogP contribution < -0.4 is 10.6 Å². The van der Waals surface area contributed by atoms with E-state index in [4.69, 9.17) is 0 Å². The average Bonchev–Trinajstić information content (AvgIpc) is 3.32. The molecule has 0 bridgehead atoms. The number of hydrogen-bond donors (Lipinski definition) is 4. The fourth-order valence-electron chi connectivity index (χ4n) is 3.85. The first kappa shape index (κ1) is 18.8. The van der Waals surface area contributed by atoms with Gasteiger partial charge >= 0.3 is 0 Å². The highest BCUT2D eigenvalue weighted by atomic mass is 16.2. The van der Waals surface area contributed by atoms with Gasteiger partial charge in [-0.1, -0.05) is 36.4 Å². The van der Waals surface area contributed by atoms with E-state index in [-0.39, 0.29) is 11.9 Å². The van der Waals surface area contributed by atoms with Crippen molar-refractivity contribution in [3.63, 3.8) is 0 Å². The molecule has 0 radical (unpaired) electrons. The van der Waals surface area contributed by atoms with E-state index >= 15 is 0 Å². The molecule has 0 aliphatic carbocycles. The molecule has 2 atom stereocenters. The van der Waals surface area contributed by atoms with Gasteiger partial charge < -0.3 is 20.6 Å². The molecule has 6 nitrogen and oxygen atoms in total. The molecule has 148 valence electrons. The lowest BCUT2D eigenvalue weighted by Crippen LogP contribution is -2.48. The summed E-state index contributed by atoms with van der Waals surface area (Å²) in [5.74, 6) is -0.185. The van der Waals surface area contributed by atoms with Gasteiger partial charge in [0.25, 0.3) is 0 Å². The fourth-order valence-corrected chi connectivity index (χ4v) is 3.85. The van der Waals surface area contributed by atoms with Crippen molar-refractivity contribution in [2.24, 2.45) is 0 Å². The summed E-state index contributed by atoms with van der Waals surface area (Å²) in [5.41, 5.74) is 4.26. The summed E-state index contributed by atoms with van der Waals surface area (Å²) in [4.78, 5) is 30.4. The van der Waals surface area contributed by atoms with Crippen LogP contribution in [0.5, 0.6) is 0 Å². The summed E-state index contributed by atoms with van der Waals surface area (Å²) >= 11 is 0. The standard InChI is InChI=1S/C23H24N4O2/c1-15(10-16-12-24-20-8-4-2-6-18(16)20)27-23(29)22(26-14-28)11-17-13-25-21-9-5-3-7-19(17)21/h2-9,12-15,22,24-25H,10-11H2,1H3,(H,26,28)(H,27,29)/t15?,22-/m0/s1. The number of aromatic amines is 2. The molecular formula is C23H24N4O2. The minimum atomic E-state index is -0.628. The van der Waals surface area contributed by atoms with Crippen LogP contribution in [0, 0.1) is 0 Å². The van der Waals surface area contributed by atoms with E-state index in [1.807, 2.05) is 61.8 Å². The van der Waals surface area contributed by atoms with Crippen molar-refractivity contribution < 1.29 is 9.59 Å². The molecule has 0 fully saturated rings. The number of benzene rings is 2. The van der Waals surface area contributed by atoms with Crippen molar-refractivity contribution in [2.75, 3.05) is 0 Å². The molecule has 0 aliphatic rings. The van der Waals surface area contributed by atoms with Gasteiger partial charge in [-0.05, 0) is 36.6 Å². The minimum Gasteiger partial charge on any atom is -0.361 e. The Morgan fingerprint density at radius 2 is 1.48 bits per heavy atom. The highest BCUT2D eigenvalue weighted by Crippen LogP contribution is 2.20. The molecule has 6 heteroatoms. The molecule has 2 heterocycles. The first-order valence-electron chi connectivity index (χ1n) is 9.75. The maximum atomic E-state index is 12.8. The number of carbonyl (C=O) groups is 2. The molecule has 0 spiro atoms. The highest BCUT2D eigenvalue weighted by Gasteiger charge is 2.21. The Labute approximate surface area is 168 Å². The average molecular weight is 388 g/mol. The predicted octanol–water partition coefficient (Wildman–Crippen LogP) is 3.05. The number of aromatic nitrogens is 2. The van der Waals surface area contributed by atoms with Crippen molar-refractivity contribution >= 4 is 34.1 Å². The third kappa shape index (κ3) is 4.01. The van der Waals surface area contributed by atoms with Gasteiger partial charge in [0.15, 0.2) is 0 Å². The Kier molecular flexibility index (Phi) is 5.33. The maximum absolute atomic E-state index is 12.8. The van der Waals surface area contributed by atoms with Gasteiger partial charge in [-0.2, -0.15) is 0 Å². The Bertz CT molecular complexity index is 1140. The second-order valence-corrected chi connectivity index (χ2v) is 7.37. The monoisotopic (exact) mass is 388 g/mol. The van der Waals surface area contributed by atoms with Gasteiger partial charge in [0.2, 0.25) is 12.3 Å². The summed E-state index contributed by atoms with van der Waals surface area (Å²) in [6.07, 6.45) is 5.60. The van der Waals surface area contributed by atoms with E-state index in [2.05, 4.69) is 26.7 Å². The van der Waals surface area contributed by atoms with Crippen LogP contribution in [0.1, 0.15) is 18.1 Å². The lowest BCUT2D eigenvalue weighted by molar-refractivity contribution is -0.125. The quantitative estimate of drug-likeness (QED) is 0.350. The Balaban J connectivity index is 1.44. The van der Waals surface area contributed by atoms with E-state index in [9.17, 15) is 9.59 Å². The van der Waals surface area contributed by atoms with Crippen LogP contribution >= 0.6 is 0 Å². The van der Waals surface area contributed by atoms with Crippen LogP contribution in [0.2, 0.25) is 0 Å². The molecule has 0 saturated heterocycles. The summed E-state index contributed by atoms with van der Waals surface area (Å²) in [6, 6.07) is 15.3. The Morgan fingerprint density at radius 3 is 2.07 bits per heavy atom. The first-order chi connectivity index (χ1) is 14.2. The second-order valence-electron chi connectivity index (χ2n) is 7.37. The number of amides is 2. The van der Waals surface area contributed by atoms with Crippen LogP contribution in [-0.2, 0) is 22.4 Å². The van der Waals surface area contributed by atoms with Crippen molar-refractivity contribution in [3.8, 4) is 0 Å². The van der Waals surface area contributed by atoms with Gasteiger partial charge in [-0.3, -0.25) is 9.59 Å². The summed E-state index contributed by atoms with van der Waals surface area (Å²) in [5, 5.41) is 7.93. The minimum absolute atomic E-state index is 0.0689. The van der Waals surface area contributed by atoms with Gasteiger partial charge in [-0.25, -0.2) is 0 Å². The van der Waals surface area contributed by atoms with E-state index in [1.165, 1.54) is 0 Å². The molecule has 4 rings (SSSR count). The third-order valence-corrected chi connectivity index (χ3v) is 5.27. The van der Waals surface area contributed by atoms with E-state index in [0.717, 1.165) is 32.9 Å². The zero-order valence-corrected chi connectivity index (χ0v) is 16.2. The third-order valence-electron chi connectivity index (χ3n) is 5.27. The molecule has 2 aromatic heterocycles. The van der Waals surface area contributed by atoms with E-state index in [0.29, 0.717) is 19.3 Å². The molecule has 0 aliphatic heterocycles. The number of H-pyrrole nitrogens is 2. The van der Waals surface area contributed by atoms with Crippen molar-refractivity contribution in [3.05, 3.63) is 72.1 Å². The molecule has 2 amide bonds. The molecule has 4 N–H and O–H groups in total. The molecular weight excluding hydrogens is 364 g/mol. The number of rotatable bonds is 8. The summed E-state index contributed by atoms with van der Waals surface area (Å²) in [6.45, 7) is 1.98. The molecule has 1 unspecified atom stereocenters. The van der Waals surface area contributed by atoms with Crippen molar-refractivity contribution in [2.45, 2.75) is 31.8 Å². The van der Waals surface area contributed by atoms with Crippen LogP contribution in [0.3, 0.4) is 0 Å².